The average Bonchev–Trinajstić information content (AvgIpc) is 2.76. The van der Waals surface area contributed by atoms with Gasteiger partial charge in [0.25, 0.3) is 0 Å². The summed E-state index contributed by atoms with van der Waals surface area (Å²) in [6.45, 7) is 5.34. The Morgan fingerprint density at radius 3 is 2.82 bits per heavy atom. The van der Waals surface area contributed by atoms with E-state index in [1.165, 1.54) is 0 Å². The van der Waals surface area contributed by atoms with Crippen molar-refractivity contribution in [2.24, 2.45) is 0 Å². The first kappa shape index (κ1) is 12.5. The maximum atomic E-state index is 5.72. The second kappa shape index (κ2) is 6.12. The first-order chi connectivity index (χ1) is 8.24. The average molecular weight is 238 g/mol. The summed E-state index contributed by atoms with van der Waals surface area (Å²) in [7, 11) is 0. The van der Waals surface area contributed by atoms with Crippen LogP contribution in [0.3, 0.4) is 0 Å². The fraction of sp³-hybridized carbons (Fsp3) is 0.833. The van der Waals surface area contributed by atoms with Gasteiger partial charge in [0, 0.05) is 12.5 Å². The molecule has 0 radical (unpaired) electrons. The molecule has 0 aromatic carbocycles. The van der Waals surface area contributed by atoms with Gasteiger partial charge in [0.1, 0.15) is 12.2 Å². The first-order valence-electron chi connectivity index (χ1n) is 6.47. The number of nitrogens with one attached hydrogen (secondary N) is 2. The molecule has 2 N–H and O–H groups in total. The molecule has 17 heavy (non-hydrogen) atoms. The maximum absolute atomic E-state index is 5.72. The molecular formula is C12H22N4O. The van der Waals surface area contributed by atoms with E-state index in [2.05, 4.69) is 34.3 Å². The molecule has 0 bridgehead atoms. The summed E-state index contributed by atoms with van der Waals surface area (Å²) < 4.78 is 5.72. The van der Waals surface area contributed by atoms with E-state index in [4.69, 9.17) is 4.74 Å². The number of nitrogens with zero attached hydrogens (tertiary/aromatic N) is 2. The predicted octanol–water partition coefficient (Wildman–Crippen LogP) is 1.28. The highest BCUT2D eigenvalue weighted by atomic mass is 16.5. The normalized spacial score (nSPS) is 29.4. The zero-order chi connectivity index (χ0) is 12.1. The van der Waals surface area contributed by atoms with Crippen molar-refractivity contribution in [2.75, 3.05) is 6.54 Å². The van der Waals surface area contributed by atoms with Crippen LogP contribution in [0.15, 0.2) is 6.33 Å². The molecule has 0 saturated carbocycles. The maximum Gasteiger partial charge on any atom is 0.137 e. The third-order valence-electron chi connectivity index (χ3n) is 3.19. The molecule has 1 saturated heterocycles. The van der Waals surface area contributed by atoms with Crippen molar-refractivity contribution in [1.29, 1.82) is 0 Å². The second-order valence-electron chi connectivity index (χ2n) is 4.92. The summed E-state index contributed by atoms with van der Waals surface area (Å²) in [6, 6.07) is 0.600. The molecule has 1 aromatic heterocycles. The lowest BCUT2D eigenvalue weighted by Gasteiger charge is -2.32. The van der Waals surface area contributed by atoms with Crippen molar-refractivity contribution in [1.82, 2.24) is 20.5 Å². The number of hydrogen-bond donors (Lipinski definition) is 2. The third-order valence-corrected chi connectivity index (χ3v) is 3.19. The Morgan fingerprint density at radius 2 is 2.18 bits per heavy atom. The summed E-state index contributed by atoms with van der Waals surface area (Å²) >= 11 is 0. The van der Waals surface area contributed by atoms with Crippen LogP contribution >= 0.6 is 0 Å². The van der Waals surface area contributed by atoms with Gasteiger partial charge in [0.15, 0.2) is 0 Å². The standard InChI is InChI=1S/C12H22N4O/c1-9-6-11(7-10(2)17-9)13-5-3-4-12-14-8-15-16-12/h8-11,13H,3-7H2,1-2H3,(H,14,15,16). The molecule has 2 unspecified atom stereocenters. The van der Waals surface area contributed by atoms with E-state index in [1.54, 1.807) is 6.33 Å². The van der Waals surface area contributed by atoms with Crippen LogP contribution in [0.25, 0.3) is 0 Å². The first-order valence-corrected chi connectivity index (χ1v) is 6.47. The minimum atomic E-state index is 0.380. The predicted molar refractivity (Wildman–Crippen MR) is 65.7 cm³/mol. The van der Waals surface area contributed by atoms with Gasteiger partial charge in [-0.3, -0.25) is 5.10 Å². The van der Waals surface area contributed by atoms with Crippen molar-refractivity contribution < 1.29 is 4.74 Å². The van der Waals surface area contributed by atoms with Crippen LogP contribution in [0, 0.1) is 0 Å². The Kier molecular flexibility index (Phi) is 4.50. The number of hydrogen-bond acceptors (Lipinski definition) is 4. The van der Waals surface area contributed by atoms with Gasteiger partial charge in [-0.25, -0.2) is 4.98 Å². The summed E-state index contributed by atoms with van der Waals surface area (Å²) in [5, 5.41) is 10.3. The van der Waals surface area contributed by atoms with E-state index in [-0.39, 0.29) is 0 Å². The number of aromatic amines is 1. The van der Waals surface area contributed by atoms with E-state index < -0.39 is 0 Å². The molecule has 0 spiro atoms. The van der Waals surface area contributed by atoms with Gasteiger partial charge in [-0.05, 0) is 39.7 Å². The van der Waals surface area contributed by atoms with Crippen LogP contribution in [0.4, 0.5) is 0 Å². The van der Waals surface area contributed by atoms with Crippen molar-refractivity contribution in [2.45, 2.75) is 57.8 Å². The Morgan fingerprint density at radius 1 is 1.41 bits per heavy atom. The van der Waals surface area contributed by atoms with Gasteiger partial charge in [-0.2, -0.15) is 5.10 Å². The number of ether oxygens (including phenoxy) is 1. The largest absolute Gasteiger partial charge is 0.375 e. The Bertz CT molecular complexity index is 304. The number of H-pyrrole nitrogens is 1. The van der Waals surface area contributed by atoms with Gasteiger partial charge in [-0.15, -0.1) is 0 Å². The molecule has 1 fully saturated rings. The lowest BCUT2D eigenvalue weighted by Crippen LogP contribution is -2.41. The van der Waals surface area contributed by atoms with Gasteiger partial charge >= 0.3 is 0 Å². The van der Waals surface area contributed by atoms with Gasteiger partial charge < -0.3 is 10.1 Å². The lowest BCUT2D eigenvalue weighted by atomic mass is 10.00. The number of rotatable bonds is 5. The van der Waals surface area contributed by atoms with E-state index in [9.17, 15) is 0 Å². The van der Waals surface area contributed by atoms with Crippen LogP contribution in [-0.2, 0) is 11.2 Å². The second-order valence-corrected chi connectivity index (χ2v) is 4.92. The van der Waals surface area contributed by atoms with E-state index in [1.807, 2.05) is 0 Å². The third kappa shape index (κ3) is 4.09. The molecule has 96 valence electrons. The van der Waals surface area contributed by atoms with Crippen LogP contribution in [0.2, 0.25) is 0 Å². The molecule has 1 aromatic rings. The molecule has 2 rings (SSSR count). The van der Waals surface area contributed by atoms with Crippen LogP contribution in [0.5, 0.6) is 0 Å². The summed E-state index contributed by atoms with van der Waals surface area (Å²) in [4.78, 5) is 4.11. The SMILES string of the molecule is CC1CC(NCCCc2ncn[nH]2)CC(C)O1. The van der Waals surface area contributed by atoms with Crippen LogP contribution in [0.1, 0.15) is 38.9 Å². The molecule has 1 aliphatic heterocycles. The molecule has 0 amide bonds. The van der Waals surface area contributed by atoms with Crippen molar-refractivity contribution >= 4 is 0 Å². The fourth-order valence-corrected chi connectivity index (χ4v) is 2.49. The van der Waals surface area contributed by atoms with E-state index in [0.717, 1.165) is 38.1 Å². The Hall–Kier alpha value is -0.940. The minimum Gasteiger partial charge on any atom is -0.375 e. The van der Waals surface area contributed by atoms with Crippen LogP contribution < -0.4 is 5.32 Å². The van der Waals surface area contributed by atoms with Gasteiger partial charge in [0.2, 0.25) is 0 Å². The summed E-state index contributed by atoms with van der Waals surface area (Å²) in [5.41, 5.74) is 0. The molecule has 2 heterocycles. The molecule has 5 nitrogen and oxygen atoms in total. The Balaban J connectivity index is 1.61. The summed E-state index contributed by atoms with van der Waals surface area (Å²) in [6.07, 6.45) is 6.61. The zero-order valence-corrected chi connectivity index (χ0v) is 10.6. The topological polar surface area (TPSA) is 62.8 Å². The quantitative estimate of drug-likeness (QED) is 0.759. The van der Waals surface area contributed by atoms with Crippen molar-refractivity contribution in [3.05, 3.63) is 12.2 Å². The van der Waals surface area contributed by atoms with E-state index >= 15 is 0 Å². The fourth-order valence-electron chi connectivity index (χ4n) is 2.49. The monoisotopic (exact) mass is 238 g/mol. The molecule has 0 aliphatic carbocycles. The van der Waals surface area contributed by atoms with E-state index in [0.29, 0.717) is 18.2 Å². The lowest BCUT2D eigenvalue weighted by molar-refractivity contribution is -0.0419. The van der Waals surface area contributed by atoms with Crippen LogP contribution in [-0.4, -0.2) is 40.0 Å². The molecule has 5 heteroatoms. The summed E-state index contributed by atoms with van der Waals surface area (Å²) in [5.74, 6) is 0.973. The molecule has 2 atom stereocenters. The van der Waals surface area contributed by atoms with Gasteiger partial charge in [0.05, 0.1) is 12.2 Å². The Labute approximate surface area is 102 Å². The van der Waals surface area contributed by atoms with Crippen molar-refractivity contribution in [3.63, 3.8) is 0 Å². The number of aryl methyl sites for hydroxylation is 1. The van der Waals surface area contributed by atoms with Crippen molar-refractivity contribution in [3.8, 4) is 0 Å². The highest BCUT2D eigenvalue weighted by Gasteiger charge is 2.23. The molecular weight excluding hydrogens is 216 g/mol. The minimum absolute atomic E-state index is 0.380. The molecule has 1 aliphatic rings. The highest BCUT2D eigenvalue weighted by molar-refractivity contribution is 4.82. The van der Waals surface area contributed by atoms with Gasteiger partial charge in [-0.1, -0.05) is 0 Å². The smallest absolute Gasteiger partial charge is 0.137 e. The number of aromatic nitrogens is 3. The zero-order valence-electron chi connectivity index (χ0n) is 10.6. The highest BCUT2D eigenvalue weighted by Crippen LogP contribution is 2.18.